The molecule has 0 aromatic rings. The van der Waals surface area contributed by atoms with Crippen molar-refractivity contribution in [2.45, 2.75) is 64.3 Å². The minimum atomic E-state index is -0.328. The van der Waals surface area contributed by atoms with Gasteiger partial charge in [-0.3, -0.25) is 0 Å². The molecule has 0 spiro atoms. The summed E-state index contributed by atoms with van der Waals surface area (Å²) in [7, 11) is 1.64. The number of aliphatic hydroxyl groups excluding tert-OH is 1. The Bertz CT molecular complexity index is 184. The van der Waals surface area contributed by atoms with Crippen LogP contribution in [0.4, 0.5) is 0 Å². The Balaban J connectivity index is 2.17. The van der Waals surface area contributed by atoms with E-state index >= 15 is 0 Å². The minimum absolute atomic E-state index is 0.107. The highest BCUT2D eigenvalue weighted by Gasteiger charge is 2.41. The Morgan fingerprint density at radius 2 is 2.12 bits per heavy atom. The molecular formula is C13H26O3. The molecule has 1 fully saturated rings. The van der Waals surface area contributed by atoms with Crippen molar-refractivity contribution in [2.24, 2.45) is 5.92 Å². The summed E-state index contributed by atoms with van der Waals surface area (Å²) >= 11 is 0. The molecular weight excluding hydrogens is 204 g/mol. The van der Waals surface area contributed by atoms with Crippen molar-refractivity contribution in [2.75, 3.05) is 13.7 Å². The van der Waals surface area contributed by atoms with Gasteiger partial charge in [-0.15, -0.1) is 0 Å². The van der Waals surface area contributed by atoms with E-state index in [4.69, 9.17) is 9.47 Å². The van der Waals surface area contributed by atoms with E-state index in [1.807, 2.05) is 0 Å². The van der Waals surface area contributed by atoms with Crippen LogP contribution in [0.15, 0.2) is 0 Å². The zero-order chi connectivity index (χ0) is 12.0. The van der Waals surface area contributed by atoms with E-state index in [0.29, 0.717) is 5.92 Å². The average Bonchev–Trinajstić information content (AvgIpc) is 2.28. The molecule has 3 nitrogen and oxygen atoms in total. The summed E-state index contributed by atoms with van der Waals surface area (Å²) < 4.78 is 11.0. The number of ether oxygens (including phenoxy) is 2. The molecule has 1 aliphatic carbocycles. The lowest BCUT2D eigenvalue weighted by Crippen LogP contribution is -2.53. The van der Waals surface area contributed by atoms with Gasteiger partial charge in [0.2, 0.25) is 0 Å². The first-order valence-corrected chi connectivity index (χ1v) is 6.55. The first-order chi connectivity index (χ1) is 7.72. The van der Waals surface area contributed by atoms with Gasteiger partial charge in [0, 0.05) is 20.1 Å². The smallest absolute Gasteiger partial charge is 0.109 e. The van der Waals surface area contributed by atoms with E-state index in [9.17, 15) is 5.11 Å². The second-order valence-electron chi connectivity index (χ2n) is 4.79. The summed E-state index contributed by atoms with van der Waals surface area (Å²) in [6, 6.07) is 0. The third-order valence-corrected chi connectivity index (χ3v) is 3.58. The summed E-state index contributed by atoms with van der Waals surface area (Å²) in [6.07, 6.45) is 5.35. The minimum Gasteiger partial charge on any atom is -0.390 e. The van der Waals surface area contributed by atoms with Crippen LogP contribution < -0.4 is 0 Å². The molecule has 0 aromatic carbocycles. The lowest BCUT2D eigenvalue weighted by atomic mass is 9.88. The van der Waals surface area contributed by atoms with Gasteiger partial charge in [-0.2, -0.15) is 0 Å². The summed E-state index contributed by atoms with van der Waals surface area (Å²) in [5, 5.41) is 9.44. The number of methoxy groups -OCH3 is 1. The zero-order valence-electron chi connectivity index (χ0n) is 10.8. The fraction of sp³-hybridized carbons (Fsp3) is 1.00. The highest BCUT2D eigenvalue weighted by molar-refractivity contribution is 4.91. The third-order valence-electron chi connectivity index (χ3n) is 3.58. The summed E-state index contributed by atoms with van der Waals surface area (Å²) in [5.41, 5.74) is 0. The van der Waals surface area contributed by atoms with E-state index in [0.717, 1.165) is 13.0 Å². The molecule has 96 valence electrons. The van der Waals surface area contributed by atoms with Gasteiger partial charge in [-0.1, -0.05) is 33.1 Å². The fourth-order valence-corrected chi connectivity index (χ4v) is 2.19. The second-order valence-corrected chi connectivity index (χ2v) is 4.79. The first kappa shape index (κ1) is 13.9. The maximum absolute atomic E-state index is 9.44. The van der Waals surface area contributed by atoms with Crippen LogP contribution in [-0.4, -0.2) is 37.1 Å². The number of hydrogen-bond acceptors (Lipinski definition) is 3. The second kappa shape index (κ2) is 7.25. The van der Waals surface area contributed by atoms with Crippen LogP contribution in [-0.2, 0) is 9.47 Å². The molecule has 4 atom stereocenters. The lowest BCUT2D eigenvalue weighted by Gasteiger charge is -2.40. The third kappa shape index (κ3) is 3.72. The summed E-state index contributed by atoms with van der Waals surface area (Å²) in [5.74, 6) is 0.662. The SMILES string of the molecule is CCCCC(CC)COC1CC(O)C1OC. The molecule has 0 aliphatic heterocycles. The van der Waals surface area contributed by atoms with Gasteiger partial charge in [0.25, 0.3) is 0 Å². The number of unbranched alkanes of at least 4 members (excludes halogenated alkanes) is 1. The zero-order valence-corrected chi connectivity index (χ0v) is 10.8. The molecule has 0 bridgehead atoms. The van der Waals surface area contributed by atoms with Gasteiger partial charge < -0.3 is 14.6 Å². The Labute approximate surface area is 99.1 Å². The maximum atomic E-state index is 9.44. The molecule has 16 heavy (non-hydrogen) atoms. The largest absolute Gasteiger partial charge is 0.390 e. The molecule has 0 heterocycles. The van der Waals surface area contributed by atoms with Crippen LogP contribution in [0.2, 0.25) is 0 Å². The highest BCUT2D eigenvalue weighted by Crippen LogP contribution is 2.27. The van der Waals surface area contributed by atoms with Gasteiger partial charge in [-0.25, -0.2) is 0 Å². The predicted molar refractivity (Wildman–Crippen MR) is 64.5 cm³/mol. The number of hydrogen-bond donors (Lipinski definition) is 1. The van der Waals surface area contributed by atoms with Gasteiger partial charge in [-0.05, 0) is 12.3 Å². The van der Waals surface area contributed by atoms with E-state index in [1.54, 1.807) is 7.11 Å². The van der Waals surface area contributed by atoms with Crippen molar-refractivity contribution in [1.82, 2.24) is 0 Å². The number of aliphatic hydroxyl groups is 1. The molecule has 3 heteroatoms. The topological polar surface area (TPSA) is 38.7 Å². The predicted octanol–water partition coefficient (Wildman–Crippen LogP) is 2.37. The van der Waals surface area contributed by atoms with Gasteiger partial charge in [0.15, 0.2) is 0 Å². The van der Waals surface area contributed by atoms with Crippen LogP contribution in [0.5, 0.6) is 0 Å². The van der Waals surface area contributed by atoms with E-state index in [2.05, 4.69) is 13.8 Å². The normalized spacial score (nSPS) is 31.1. The van der Waals surface area contributed by atoms with Gasteiger partial charge >= 0.3 is 0 Å². The molecule has 1 N–H and O–H groups in total. The molecule has 0 saturated heterocycles. The van der Waals surface area contributed by atoms with Gasteiger partial charge in [0.1, 0.15) is 6.10 Å². The molecule has 0 radical (unpaired) electrons. The van der Waals surface area contributed by atoms with E-state index < -0.39 is 0 Å². The van der Waals surface area contributed by atoms with E-state index in [1.165, 1.54) is 25.7 Å². The van der Waals surface area contributed by atoms with Crippen molar-refractivity contribution < 1.29 is 14.6 Å². The maximum Gasteiger partial charge on any atom is 0.109 e. The van der Waals surface area contributed by atoms with E-state index in [-0.39, 0.29) is 18.3 Å². The van der Waals surface area contributed by atoms with Gasteiger partial charge in [0.05, 0.1) is 12.2 Å². The van der Waals surface area contributed by atoms with Crippen molar-refractivity contribution in [3.8, 4) is 0 Å². The summed E-state index contributed by atoms with van der Waals surface area (Å²) in [4.78, 5) is 0. The lowest BCUT2D eigenvalue weighted by molar-refractivity contribution is -0.185. The van der Waals surface area contributed by atoms with Crippen LogP contribution in [0.3, 0.4) is 0 Å². The molecule has 0 aromatic heterocycles. The van der Waals surface area contributed by atoms with Crippen LogP contribution in [0.1, 0.15) is 46.0 Å². The summed E-state index contributed by atoms with van der Waals surface area (Å²) in [6.45, 7) is 5.25. The molecule has 0 amide bonds. The first-order valence-electron chi connectivity index (χ1n) is 6.55. The Morgan fingerprint density at radius 1 is 1.38 bits per heavy atom. The highest BCUT2D eigenvalue weighted by atomic mass is 16.5. The molecule has 1 rings (SSSR count). The molecule has 1 saturated carbocycles. The quantitative estimate of drug-likeness (QED) is 0.695. The van der Waals surface area contributed by atoms with Crippen molar-refractivity contribution in [1.29, 1.82) is 0 Å². The van der Waals surface area contributed by atoms with Crippen LogP contribution in [0.25, 0.3) is 0 Å². The Hall–Kier alpha value is -0.120. The van der Waals surface area contributed by atoms with Crippen LogP contribution >= 0.6 is 0 Å². The standard InChI is InChI=1S/C13H26O3/c1-4-6-7-10(5-2)9-16-12-8-11(14)13(12)15-3/h10-14H,4-9H2,1-3H3. The van der Waals surface area contributed by atoms with Crippen molar-refractivity contribution in [3.05, 3.63) is 0 Å². The van der Waals surface area contributed by atoms with Crippen molar-refractivity contribution in [3.63, 3.8) is 0 Å². The molecule has 4 unspecified atom stereocenters. The Kier molecular flexibility index (Phi) is 6.32. The number of rotatable bonds is 8. The molecule has 1 aliphatic rings. The van der Waals surface area contributed by atoms with Crippen LogP contribution in [0, 0.1) is 5.92 Å². The van der Waals surface area contributed by atoms with Crippen molar-refractivity contribution >= 4 is 0 Å². The monoisotopic (exact) mass is 230 g/mol. The average molecular weight is 230 g/mol. The fourth-order valence-electron chi connectivity index (χ4n) is 2.19. The Morgan fingerprint density at radius 3 is 2.62 bits per heavy atom.